The van der Waals surface area contributed by atoms with Crippen LogP contribution in [0.25, 0.3) is 0 Å². The molecule has 1 unspecified atom stereocenters. The third-order valence-electron chi connectivity index (χ3n) is 3.90. The molecule has 1 atom stereocenters. The van der Waals surface area contributed by atoms with Crippen molar-refractivity contribution in [2.45, 2.75) is 19.4 Å². The van der Waals surface area contributed by atoms with Gasteiger partial charge >= 0.3 is 5.97 Å². The Morgan fingerprint density at radius 2 is 2.17 bits per heavy atom. The standard InChI is InChI=1S/C17H16BrN3O3/c1-10(19-20-16(22)14-8-12(18)9-21(14)2)15-7-11-5-3-4-6-13(11)17(23)24-15/h3-6,8-9,15H,7H2,1-2H3,(H,20,22)/b19-10+. The lowest BCUT2D eigenvalue weighted by Crippen LogP contribution is -2.34. The number of ether oxygens (including phenoxy) is 1. The Morgan fingerprint density at radius 1 is 1.42 bits per heavy atom. The predicted octanol–water partition coefficient (Wildman–Crippen LogP) is 2.68. The fourth-order valence-electron chi connectivity index (χ4n) is 2.58. The smallest absolute Gasteiger partial charge is 0.339 e. The SMILES string of the molecule is C/C(=N\NC(=O)c1cc(Br)cn1C)C1Cc2ccccc2C(=O)O1. The van der Waals surface area contributed by atoms with Gasteiger partial charge in [0, 0.05) is 24.1 Å². The van der Waals surface area contributed by atoms with Crippen molar-refractivity contribution >= 4 is 33.5 Å². The number of aryl methyl sites for hydroxylation is 1. The zero-order valence-electron chi connectivity index (χ0n) is 13.2. The first-order valence-electron chi connectivity index (χ1n) is 7.41. The first kappa shape index (κ1) is 16.4. The van der Waals surface area contributed by atoms with Crippen molar-refractivity contribution < 1.29 is 14.3 Å². The molecule has 1 aromatic carbocycles. The highest BCUT2D eigenvalue weighted by Crippen LogP contribution is 2.21. The summed E-state index contributed by atoms with van der Waals surface area (Å²) in [5.74, 6) is -0.695. The van der Waals surface area contributed by atoms with E-state index >= 15 is 0 Å². The summed E-state index contributed by atoms with van der Waals surface area (Å²) in [5.41, 5.74) is 5.03. The van der Waals surface area contributed by atoms with E-state index in [0.29, 0.717) is 23.4 Å². The van der Waals surface area contributed by atoms with E-state index in [9.17, 15) is 9.59 Å². The van der Waals surface area contributed by atoms with Gasteiger partial charge in [-0.3, -0.25) is 4.79 Å². The molecule has 1 aliphatic heterocycles. The third-order valence-corrected chi connectivity index (χ3v) is 4.33. The zero-order chi connectivity index (χ0) is 17.3. The minimum atomic E-state index is -0.479. The molecular weight excluding hydrogens is 374 g/mol. The van der Waals surface area contributed by atoms with Crippen LogP contribution in [0.3, 0.4) is 0 Å². The van der Waals surface area contributed by atoms with Crippen molar-refractivity contribution in [3.63, 3.8) is 0 Å². The number of hydrogen-bond acceptors (Lipinski definition) is 4. The monoisotopic (exact) mass is 389 g/mol. The minimum Gasteiger partial charge on any atom is -0.452 e. The molecule has 0 saturated carbocycles. The van der Waals surface area contributed by atoms with Crippen LogP contribution < -0.4 is 5.43 Å². The van der Waals surface area contributed by atoms with E-state index in [2.05, 4.69) is 26.5 Å². The van der Waals surface area contributed by atoms with Gasteiger partial charge in [-0.25, -0.2) is 10.2 Å². The van der Waals surface area contributed by atoms with Crippen LogP contribution in [0, 0.1) is 0 Å². The number of hydrazone groups is 1. The van der Waals surface area contributed by atoms with E-state index in [4.69, 9.17) is 4.74 Å². The summed E-state index contributed by atoms with van der Waals surface area (Å²) in [5, 5.41) is 4.09. The molecule has 1 aromatic heterocycles. The lowest BCUT2D eigenvalue weighted by atomic mass is 9.97. The Bertz CT molecular complexity index is 841. The van der Waals surface area contributed by atoms with Crippen LogP contribution in [0.2, 0.25) is 0 Å². The molecule has 124 valence electrons. The van der Waals surface area contributed by atoms with Crippen LogP contribution in [0.4, 0.5) is 0 Å². The number of benzene rings is 1. The Morgan fingerprint density at radius 3 is 2.88 bits per heavy atom. The molecule has 0 bridgehead atoms. The summed E-state index contributed by atoms with van der Waals surface area (Å²) in [6, 6.07) is 9.04. The van der Waals surface area contributed by atoms with Gasteiger partial charge in [0.15, 0.2) is 0 Å². The number of nitrogens with one attached hydrogen (secondary N) is 1. The molecule has 0 saturated heterocycles. The van der Waals surface area contributed by atoms with Gasteiger partial charge in [-0.05, 0) is 40.5 Å². The van der Waals surface area contributed by atoms with Gasteiger partial charge in [-0.15, -0.1) is 0 Å². The summed E-state index contributed by atoms with van der Waals surface area (Å²) in [7, 11) is 1.77. The number of carbonyl (C=O) groups is 2. The van der Waals surface area contributed by atoms with E-state index in [1.165, 1.54) is 0 Å². The molecule has 2 heterocycles. The molecular formula is C17H16BrN3O3. The first-order valence-corrected chi connectivity index (χ1v) is 8.20. The van der Waals surface area contributed by atoms with Gasteiger partial charge in [-0.1, -0.05) is 18.2 Å². The maximum atomic E-state index is 12.2. The molecule has 2 aromatic rings. The maximum Gasteiger partial charge on any atom is 0.339 e. The molecule has 1 amide bonds. The Balaban J connectivity index is 1.72. The van der Waals surface area contributed by atoms with Gasteiger partial charge in [0.2, 0.25) is 0 Å². The van der Waals surface area contributed by atoms with Crippen LogP contribution in [0.1, 0.15) is 33.3 Å². The van der Waals surface area contributed by atoms with E-state index in [-0.39, 0.29) is 11.9 Å². The van der Waals surface area contributed by atoms with Gasteiger partial charge in [0.25, 0.3) is 5.91 Å². The third kappa shape index (κ3) is 3.26. The van der Waals surface area contributed by atoms with Gasteiger partial charge in [0.1, 0.15) is 11.8 Å². The van der Waals surface area contributed by atoms with E-state index in [1.807, 2.05) is 12.1 Å². The summed E-state index contributed by atoms with van der Waals surface area (Å²) in [6.07, 6.45) is 1.85. The summed E-state index contributed by atoms with van der Waals surface area (Å²) in [4.78, 5) is 24.2. The molecule has 1 aliphatic rings. The second kappa shape index (κ2) is 6.60. The van der Waals surface area contributed by atoms with Gasteiger partial charge < -0.3 is 9.30 Å². The van der Waals surface area contributed by atoms with E-state index < -0.39 is 6.10 Å². The Kier molecular flexibility index (Phi) is 4.53. The molecule has 0 aliphatic carbocycles. The van der Waals surface area contributed by atoms with E-state index in [0.717, 1.165) is 10.0 Å². The molecule has 0 radical (unpaired) electrons. The summed E-state index contributed by atoms with van der Waals surface area (Å²) >= 11 is 3.32. The molecule has 3 rings (SSSR count). The van der Waals surface area contributed by atoms with Crippen molar-refractivity contribution in [1.82, 2.24) is 9.99 Å². The lowest BCUT2D eigenvalue weighted by molar-refractivity contribution is 0.0389. The highest BCUT2D eigenvalue weighted by atomic mass is 79.9. The Hall–Kier alpha value is -2.41. The van der Waals surface area contributed by atoms with Crippen LogP contribution in [0.15, 0.2) is 46.1 Å². The second-order valence-electron chi connectivity index (χ2n) is 5.60. The van der Waals surface area contributed by atoms with Crippen molar-refractivity contribution in [3.8, 4) is 0 Å². The fourth-order valence-corrected chi connectivity index (χ4v) is 3.11. The number of cyclic esters (lactones) is 1. The lowest BCUT2D eigenvalue weighted by Gasteiger charge is -2.24. The quantitative estimate of drug-likeness (QED) is 0.498. The Labute approximate surface area is 147 Å². The molecule has 0 spiro atoms. The summed E-state index contributed by atoms with van der Waals surface area (Å²) in [6.45, 7) is 1.73. The number of carbonyl (C=O) groups excluding carboxylic acids is 2. The fraction of sp³-hybridized carbons (Fsp3) is 0.235. The minimum absolute atomic E-state index is 0.329. The number of hydrogen-bond donors (Lipinski definition) is 1. The topological polar surface area (TPSA) is 72.7 Å². The molecule has 6 nitrogen and oxygen atoms in total. The number of nitrogens with zero attached hydrogens (tertiary/aromatic N) is 2. The van der Waals surface area contributed by atoms with Crippen LogP contribution in [-0.2, 0) is 18.2 Å². The maximum absolute atomic E-state index is 12.2. The normalized spacial score (nSPS) is 17.2. The highest BCUT2D eigenvalue weighted by molar-refractivity contribution is 9.10. The van der Waals surface area contributed by atoms with Crippen molar-refractivity contribution in [1.29, 1.82) is 0 Å². The predicted molar refractivity (Wildman–Crippen MR) is 93.0 cm³/mol. The van der Waals surface area contributed by atoms with Crippen LogP contribution in [-0.4, -0.2) is 28.3 Å². The van der Waals surface area contributed by atoms with Crippen molar-refractivity contribution in [3.05, 3.63) is 57.8 Å². The average Bonchev–Trinajstić information content (AvgIpc) is 2.90. The van der Waals surface area contributed by atoms with Crippen molar-refractivity contribution in [2.75, 3.05) is 0 Å². The van der Waals surface area contributed by atoms with Crippen molar-refractivity contribution in [2.24, 2.45) is 12.1 Å². The second-order valence-corrected chi connectivity index (χ2v) is 6.52. The summed E-state index contributed by atoms with van der Waals surface area (Å²) < 4.78 is 7.92. The average molecular weight is 390 g/mol. The van der Waals surface area contributed by atoms with Gasteiger partial charge in [0.05, 0.1) is 11.3 Å². The van der Waals surface area contributed by atoms with Crippen LogP contribution in [0.5, 0.6) is 0 Å². The first-order chi connectivity index (χ1) is 11.5. The van der Waals surface area contributed by atoms with Gasteiger partial charge in [-0.2, -0.15) is 5.10 Å². The molecule has 0 fully saturated rings. The highest BCUT2D eigenvalue weighted by Gasteiger charge is 2.28. The molecule has 24 heavy (non-hydrogen) atoms. The molecule has 7 heteroatoms. The number of esters is 1. The largest absolute Gasteiger partial charge is 0.452 e. The number of rotatable bonds is 3. The number of halogens is 1. The number of aromatic nitrogens is 1. The van der Waals surface area contributed by atoms with Crippen LogP contribution >= 0.6 is 15.9 Å². The number of amides is 1. The zero-order valence-corrected chi connectivity index (χ0v) is 14.8. The van der Waals surface area contributed by atoms with E-state index in [1.54, 1.807) is 42.9 Å². The molecule has 1 N–H and O–H groups in total. The number of fused-ring (bicyclic) bond motifs is 1.